The van der Waals surface area contributed by atoms with E-state index in [1.165, 1.54) is 0 Å². The van der Waals surface area contributed by atoms with Crippen LogP contribution in [0.1, 0.15) is 11.6 Å². The largest absolute Gasteiger partial charge is 0.480 e. The Morgan fingerprint density at radius 3 is 2.17 bits per heavy atom. The van der Waals surface area contributed by atoms with Gasteiger partial charge in [0.05, 0.1) is 0 Å². The molecule has 1 aromatic rings. The molecule has 0 spiro atoms. The molecule has 0 aliphatic heterocycles. The predicted molar refractivity (Wildman–Crippen MR) is 73.8 cm³/mol. The van der Waals surface area contributed by atoms with Crippen LogP contribution in [-0.2, 0) is 4.79 Å². The van der Waals surface area contributed by atoms with Gasteiger partial charge in [0.2, 0.25) is 0 Å². The van der Waals surface area contributed by atoms with Gasteiger partial charge in [-0.05, 0) is 17.7 Å². The zero-order valence-corrected chi connectivity index (χ0v) is 10.8. The van der Waals surface area contributed by atoms with Crippen molar-refractivity contribution in [3.05, 3.63) is 60.2 Å². The number of rotatable bonds is 7. The maximum absolute atomic E-state index is 11.4. The van der Waals surface area contributed by atoms with E-state index in [0.717, 1.165) is 0 Å². The maximum atomic E-state index is 11.4. The van der Waals surface area contributed by atoms with Crippen LogP contribution in [0.3, 0.4) is 0 Å². The number of benzene rings is 1. The van der Waals surface area contributed by atoms with Crippen molar-refractivity contribution in [2.24, 2.45) is 0 Å². The van der Waals surface area contributed by atoms with Crippen LogP contribution in [0, 0.1) is 0 Å². The first kappa shape index (κ1) is 14.5. The van der Waals surface area contributed by atoms with Crippen molar-refractivity contribution in [2.45, 2.75) is 6.04 Å². The highest BCUT2D eigenvalue weighted by Crippen LogP contribution is 2.22. The summed E-state index contributed by atoms with van der Waals surface area (Å²) in [4.78, 5) is 13.2. The molecule has 96 valence electrons. The summed E-state index contributed by atoms with van der Waals surface area (Å²) in [6, 6.07) is 6.10. The van der Waals surface area contributed by atoms with Crippen LogP contribution in [-0.4, -0.2) is 29.1 Å². The molecule has 0 fully saturated rings. The van der Waals surface area contributed by atoms with E-state index in [1.807, 2.05) is 0 Å². The second-order valence-corrected chi connectivity index (χ2v) is 4.26. The van der Waals surface area contributed by atoms with E-state index in [0.29, 0.717) is 23.7 Å². The lowest BCUT2D eigenvalue weighted by Crippen LogP contribution is -2.34. The molecule has 0 saturated carbocycles. The van der Waals surface area contributed by atoms with E-state index in [9.17, 15) is 9.90 Å². The van der Waals surface area contributed by atoms with Gasteiger partial charge in [-0.1, -0.05) is 35.9 Å². The van der Waals surface area contributed by atoms with Crippen molar-refractivity contribution in [1.29, 1.82) is 0 Å². The second kappa shape index (κ2) is 6.99. The van der Waals surface area contributed by atoms with Crippen LogP contribution in [0.2, 0.25) is 5.02 Å². The summed E-state index contributed by atoms with van der Waals surface area (Å²) in [5.74, 6) is -0.902. The zero-order chi connectivity index (χ0) is 13.5. The first-order valence-electron chi connectivity index (χ1n) is 5.54. The van der Waals surface area contributed by atoms with Crippen LogP contribution >= 0.6 is 11.6 Å². The number of aliphatic carboxylic acids is 1. The Morgan fingerprint density at radius 2 is 1.78 bits per heavy atom. The molecule has 1 unspecified atom stereocenters. The van der Waals surface area contributed by atoms with Crippen LogP contribution in [0.5, 0.6) is 0 Å². The Hall–Kier alpha value is -1.58. The smallest absolute Gasteiger partial charge is 0.325 e. The van der Waals surface area contributed by atoms with Gasteiger partial charge < -0.3 is 5.11 Å². The van der Waals surface area contributed by atoms with Gasteiger partial charge in [-0.15, -0.1) is 13.2 Å². The number of carboxylic acid groups (broad SMARTS) is 1. The maximum Gasteiger partial charge on any atom is 0.325 e. The molecule has 1 N–H and O–H groups in total. The van der Waals surface area contributed by atoms with Gasteiger partial charge in [-0.25, -0.2) is 0 Å². The number of carboxylic acids is 1. The molecule has 0 bridgehead atoms. The summed E-state index contributed by atoms with van der Waals surface area (Å²) in [6.07, 6.45) is 3.35. The fourth-order valence-corrected chi connectivity index (χ4v) is 1.90. The van der Waals surface area contributed by atoms with Gasteiger partial charge in [-0.3, -0.25) is 9.69 Å². The van der Waals surface area contributed by atoms with Crippen molar-refractivity contribution in [1.82, 2.24) is 4.90 Å². The van der Waals surface area contributed by atoms with E-state index in [-0.39, 0.29) is 0 Å². The zero-order valence-electron chi connectivity index (χ0n) is 10.1. The van der Waals surface area contributed by atoms with Crippen LogP contribution in [0.4, 0.5) is 0 Å². The average molecular weight is 266 g/mol. The third kappa shape index (κ3) is 3.72. The predicted octanol–water partition coefficient (Wildman–Crippen LogP) is 3.14. The lowest BCUT2D eigenvalue weighted by Gasteiger charge is -2.26. The van der Waals surface area contributed by atoms with Crippen molar-refractivity contribution < 1.29 is 9.90 Å². The number of nitrogens with zero attached hydrogens (tertiary/aromatic N) is 1. The Bertz CT molecular complexity index is 418. The first-order valence-corrected chi connectivity index (χ1v) is 5.92. The lowest BCUT2D eigenvalue weighted by atomic mass is 10.1. The van der Waals surface area contributed by atoms with E-state index in [2.05, 4.69) is 13.2 Å². The average Bonchev–Trinajstić information content (AvgIpc) is 2.32. The monoisotopic (exact) mass is 265 g/mol. The summed E-state index contributed by atoms with van der Waals surface area (Å²) < 4.78 is 0. The third-order valence-corrected chi connectivity index (χ3v) is 2.76. The van der Waals surface area contributed by atoms with Crippen molar-refractivity contribution >= 4 is 17.6 Å². The van der Waals surface area contributed by atoms with Crippen LogP contribution in [0.15, 0.2) is 49.6 Å². The molecule has 1 atom stereocenters. The summed E-state index contributed by atoms with van der Waals surface area (Å²) >= 11 is 5.80. The van der Waals surface area contributed by atoms with Gasteiger partial charge in [0, 0.05) is 18.1 Å². The summed E-state index contributed by atoms with van der Waals surface area (Å²) in [5, 5.41) is 9.96. The van der Waals surface area contributed by atoms with E-state index in [1.54, 1.807) is 41.3 Å². The van der Waals surface area contributed by atoms with Gasteiger partial charge >= 0.3 is 5.97 Å². The molecule has 0 amide bonds. The molecule has 0 saturated heterocycles. The molecule has 4 heteroatoms. The van der Waals surface area contributed by atoms with Gasteiger partial charge in [0.15, 0.2) is 0 Å². The quantitative estimate of drug-likeness (QED) is 0.770. The molecule has 1 rings (SSSR count). The van der Waals surface area contributed by atoms with E-state index in [4.69, 9.17) is 11.6 Å². The van der Waals surface area contributed by atoms with Gasteiger partial charge in [0.1, 0.15) is 6.04 Å². The van der Waals surface area contributed by atoms with Crippen molar-refractivity contribution in [3.8, 4) is 0 Å². The van der Waals surface area contributed by atoms with Crippen LogP contribution < -0.4 is 0 Å². The van der Waals surface area contributed by atoms with E-state index < -0.39 is 12.0 Å². The van der Waals surface area contributed by atoms with Crippen molar-refractivity contribution in [3.63, 3.8) is 0 Å². The Morgan fingerprint density at radius 1 is 1.28 bits per heavy atom. The fraction of sp³-hybridized carbons (Fsp3) is 0.214. The number of halogens is 1. The highest BCUT2D eigenvalue weighted by Gasteiger charge is 2.25. The topological polar surface area (TPSA) is 40.5 Å². The minimum absolute atomic E-state index is 0.478. The molecular formula is C14H16ClNO2. The highest BCUT2D eigenvalue weighted by atomic mass is 35.5. The molecule has 0 heterocycles. The Balaban J connectivity index is 3.06. The molecule has 0 radical (unpaired) electrons. The summed E-state index contributed by atoms with van der Waals surface area (Å²) in [6.45, 7) is 8.24. The molecular weight excluding hydrogens is 250 g/mol. The number of hydrogen-bond acceptors (Lipinski definition) is 2. The lowest BCUT2D eigenvalue weighted by molar-refractivity contribution is -0.143. The molecule has 1 aromatic carbocycles. The minimum atomic E-state index is -0.902. The Kier molecular flexibility index (Phi) is 5.62. The van der Waals surface area contributed by atoms with E-state index >= 15 is 0 Å². The molecule has 3 nitrogen and oxygen atoms in total. The Labute approximate surface area is 112 Å². The second-order valence-electron chi connectivity index (χ2n) is 3.82. The molecule has 0 aromatic heterocycles. The third-order valence-electron chi connectivity index (χ3n) is 2.51. The first-order chi connectivity index (χ1) is 8.60. The van der Waals surface area contributed by atoms with Crippen molar-refractivity contribution in [2.75, 3.05) is 13.1 Å². The molecule has 0 aliphatic rings. The van der Waals surface area contributed by atoms with Gasteiger partial charge in [0.25, 0.3) is 0 Å². The highest BCUT2D eigenvalue weighted by molar-refractivity contribution is 6.30. The minimum Gasteiger partial charge on any atom is -0.480 e. The van der Waals surface area contributed by atoms with Gasteiger partial charge in [-0.2, -0.15) is 0 Å². The molecule has 0 aliphatic carbocycles. The normalized spacial score (nSPS) is 12.1. The summed E-state index contributed by atoms with van der Waals surface area (Å²) in [5.41, 5.74) is 0.690. The number of carbonyl (C=O) groups is 1. The molecule has 18 heavy (non-hydrogen) atoms. The SMILES string of the molecule is C=CCN(CC=C)C(C(=O)O)c1ccc(Cl)cc1. The fourth-order valence-electron chi connectivity index (χ4n) is 1.77. The standard InChI is InChI=1S/C14H16ClNO2/c1-3-9-16(10-4-2)13(14(17)18)11-5-7-12(15)8-6-11/h3-8,13H,1-2,9-10H2,(H,17,18). The summed E-state index contributed by atoms with van der Waals surface area (Å²) in [7, 11) is 0. The van der Waals surface area contributed by atoms with Crippen LogP contribution in [0.25, 0.3) is 0 Å². The number of hydrogen-bond donors (Lipinski definition) is 1.